The molecule has 0 bridgehead atoms. The third-order valence-corrected chi connectivity index (χ3v) is 7.54. The van der Waals surface area contributed by atoms with Crippen LogP contribution in [0.25, 0.3) is 11.0 Å². The molecule has 2 aliphatic heterocycles. The summed E-state index contributed by atoms with van der Waals surface area (Å²) >= 11 is 0. The summed E-state index contributed by atoms with van der Waals surface area (Å²) in [6.45, 7) is 3.56. The minimum absolute atomic E-state index is 0.00244. The second-order valence-electron chi connectivity index (χ2n) is 9.43. The predicted molar refractivity (Wildman–Crippen MR) is 131 cm³/mol. The van der Waals surface area contributed by atoms with E-state index < -0.39 is 0 Å². The molecule has 1 amide bonds. The van der Waals surface area contributed by atoms with Gasteiger partial charge in [-0.05, 0) is 49.4 Å². The van der Waals surface area contributed by atoms with E-state index in [0.717, 1.165) is 79.0 Å². The van der Waals surface area contributed by atoms with Gasteiger partial charge in [-0.2, -0.15) is 0 Å². The maximum atomic E-state index is 12.6. The molecule has 0 spiro atoms. The number of anilines is 2. The first kappa shape index (κ1) is 21.1. The van der Waals surface area contributed by atoms with Crippen molar-refractivity contribution in [2.24, 2.45) is 0 Å². The van der Waals surface area contributed by atoms with E-state index in [4.69, 9.17) is 4.98 Å². The molecule has 0 aromatic carbocycles. The molecule has 3 aliphatic rings. The standard InChI is InChI=1S/C25H29N7O2/c1-26-25(34)18-5-4-16(13-28-18)32-10-9-31(20-6-7-21(20)32)14-15-11-19-23(29-12-15)22-17(24(33)30-19)3-2-8-27-22/h4-5,11-13,20-21,27H,2-3,6-10,14H2,1H3,(H,26,34)(H,30,33)/t20-,21-/m0/s1. The average Bonchev–Trinajstić information content (AvgIpc) is 2.84. The molecule has 176 valence electrons. The number of pyridine rings is 3. The van der Waals surface area contributed by atoms with Gasteiger partial charge >= 0.3 is 0 Å². The molecule has 2 atom stereocenters. The fraction of sp³-hybridized carbons (Fsp3) is 0.440. The van der Waals surface area contributed by atoms with Crippen LogP contribution in [0.3, 0.4) is 0 Å². The zero-order valence-corrected chi connectivity index (χ0v) is 19.3. The van der Waals surface area contributed by atoms with Gasteiger partial charge in [-0.15, -0.1) is 0 Å². The van der Waals surface area contributed by atoms with Crippen molar-refractivity contribution in [1.82, 2.24) is 25.2 Å². The number of carbonyl (C=O) groups excluding carboxylic acids is 1. The highest BCUT2D eigenvalue weighted by Crippen LogP contribution is 2.37. The van der Waals surface area contributed by atoms with Crippen LogP contribution in [0.1, 0.15) is 40.9 Å². The zero-order valence-electron chi connectivity index (χ0n) is 19.3. The number of fused-ring (bicyclic) bond motifs is 4. The van der Waals surface area contributed by atoms with Crippen molar-refractivity contribution < 1.29 is 4.79 Å². The van der Waals surface area contributed by atoms with E-state index >= 15 is 0 Å². The Hall–Kier alpha value is -3.46. The second kappa shape index (κ2) is 8.39. The van der Waals surface area contributed by atoms with Crippen molar-refractivity contribution in [1.29, 1.82) is 0 Å². The number of nitrogens with one attached hydrogen (secondary N) is 3. The first-order chi connectivity index (χ1) is 16.6. The lowest BCUT2D eigenvalue weighted by Crippen LogP contribution is -2.64. The van der Waals surface area contributed by atoms with Crippen LogP contribution in [-0.4, -0.2) is 64.5 Å². The van der Waals surface area contributed by atoms with Gasteiger partial charge in [-0.25, -0.2) is 4.98 Å². The quantitative estimate of drug-likeness (QED) is 0.547. The van der Waals surface area contributed by atoms with Gasteiger partial charge in [0.2, 0.25) is 0 Å². The lowest BCUT2D eigenvalue weighted by atomic mass is 9.81. The highest BCUT2D eigenvalue weighted by atomic mass is 16.1. The molecule has 3 aromatic rings. The highest BCUT2D eigenvalue weighted by molar-refractivity contribution is 5.92. The van der Waals surface area contributed by atoms with Gasteiger partial charge in [0.1, 0.15) is 11.2 Å². The molecule has 1 saturated heterocycles. The van der Waals surface area contributed by atoms with E-state index in [1.54, 1.807) is 13.1 Å². The summed E-state index contributed by atoms with van der Waals surface area (Å²) < 4.78 is 0. The molecule has 0 unspecified atom stereocenters. The van der Waals surface area contributed by atoms with Crippen molar-refractivity contribution in [2.45, 2.75) is 44.3 Å². The Morgan fingerprint density at radius 2 is 2.06 bits per heavy atom. The van der Waals surface area contributed by atoms with E-state index in [2.05, 4.69) is 36.5 Å². The van der Waals surface area contributed by atoms with Gasteiger partial charge in [-0.3, -0.25) is 19.5 Å². The lowest BCUT2D eigenvalue weighted by molar-refractivity contribution is 0.0658. The van der Waals surface area contributed by atoms with Crippen LogP contribution < -0.4 is 21.1 Å². The van der Waals surface area contributed by atoms with E-state index in [9.17, 15) is 9.59 Å². The van der Waals surface area contributed by atoms with Crippen LogP contribution in [0, 0.1) is 0 Å². The van der Waals surface area contributed by atoms with Gasteiger partial charge < -0.3 is 20.5 Å². The van der Waals surface area contributed by atoms with Gasteiger partial charge in [-0.1, -0.05) is 0 Å². The second-order valence-corrected chi connectivity index (χ2v) is 9.43. The lowest BCUT2D eigenvalue weighted by Gasteiger charge is -2.54. The highest BCUT2D eigenvalue weighted by Gasteiger charge is 2.43. The summed E-state index contributed by atoms with van der Waals surface area (Å²) in [5.74, 6) is -0.167. The molecule has 5 heterocycles. The molecule has 6 rings (SSSR count). The van der Waals surface area contributed by atoms with Crippen LogP contribution >= 0.6 is 0 Å². The van der Waals surface area contributed by atoms with Crippen molar-refractivity contribution >= 4 is 28.3 Å². The van der Waals surface area contributed by atoms with Gasteiger partial charge in [0.15, 0.2) is 0 Å². The number of piperazine rings is 1. The molecule has 9 heteroatoms. The zero-order chi connectivity index (χ0) is 23.2. The number of amides is 1. The minimum atomic E-state index is -0.167. The molecule has 1 aliphatic carbocycles. The number of carbonyl (C=O) groups is 1. The van der Waals surface area contributed by atoms with Crippen LogP contribution in [0.4, 0.5) is 11.4 Å². The Bertz CT molecular complexity index is 1300. The fourth-order valence-corrected chi connectivity index (χ4v) is 5.64. The van der Waals surface area contributed by atoms with Crippen LogP contribution in [0.5, 0.6) is 0 Å². The van der Waals surface area contributed by atoms with Crippen LogP contribution in [0.15, 0.2) is 35.4 Å². The maximum absolute atomic E-state index is 12.6. The normalized spacial score (nSPS) is 21.9. The Morgan fingerprint density at radius 3 is 2.82 bits per heavy atom. The largest absolute Gasteiger partial charge is 0.383 e. The average molecular weight is 460 g/mol. The van der Waals surface area contributed by atoms with Gasteiger partial charge in [0, 0.05) is 57.1 Å². The molecule has 3 aromatic heterocycles. The van der Waals surface area contributed by atoms with Crippen molar-refractivity contribution in [2.75, 3.05) is 36.9 Å². The van der Waals surface area contributed by atoms with Crippen LogP contribution in [0.2, 0.25) is 0 Å². The molecule has 1 saturated carbocycles. The topological polar surface area (TPSA) is 106 Å². The number of hydrogen-bond acceptors (Lipinski definition) is 7. The summed E-state index contributed by atoms with van der Waals surface area (Å²) in [6.07, 6.45) is 7.86. The predicted octanol–water partition coefficient (Wildman–Crippen LogP) is 1.89. The summed E-state index contributed by atoms with van der Waals surface area (Å²) in [7, 11) is 1.61. The van der Waals surface area contributed by atoms with E-state index in [1.165, 1.54) is 6.42 Å². The Morgan fingerprint density at radius 1 is 1.18 bits per heavy atom. The first-order valence-corrected chi connectivity index (χ1v) is 12.1. The Labute approximate surface area is 197 Å². The Kier molecular flexibility index (Phi) is 5.21. The summed E-state index contributed by atoms with van der Waals surface area (Å²) in [4.78, 5) is 41.5. The van der Waals surface area contributed by atoms with Crippen molar-refractivity contribution in [3.8, 4) is 0 Å². The third kappa shape index (κ3) is 3.51. The first-order valence-electron chi connectivity index (χ1n) is 12.1. The van der Waals surface area contributed by atoms with Gasteiger partial charge in [0.05, 0.1) is 23.1 Å². The minimum Gasteiger partial charge on any atom is -0.383 e. The number of rotatable bonds is 4. The smallest absolute Gasteiger partial charge is 0.269 e. The van der Waals surface area contributed by atoms with E-state index in [-0.39, 0.29) is 11.5 Å². The SMILES string of the molecule is CNC(=O)c1ccc(N2CCN(Cc3cnc4c5c(c(=O)[nH]c4c3)CCCN5)[C@H]3CC[C@@H]32)cn1. The summed E-state index contributed by atoms with van der Waals surface area (Å²) in [5.41, 5.74) is 6.02. The van der Waals surface area contributed by atoms with Gasteiger partial charge in [0.25, 0.3) is 11.5 Å². The summed E-state index contributed by atoms with van der Waals surface area (Å²) in [6, 6.07) is 6.81. The molecule has 3 N–H and O–H groups in total. The van der Waals surface area contributed by atoms with E-state index in [1.807, 2.05) is 18.5 Å². The number of nitrogens with zero attached hydrogens (tertiary/aromatic N) is 4. The van der Waals surface area contributed by atoms with Crippen LogP contribution in [-0.2, 0) is 13.0 Å². The molecule has 2 fully saturated rings. The molecule has 34 heavy (non-hydrogen) atoms. The van der Waals surface area contributed by atoms with Crippen molar-refractivity contribution in [3.63, 3.8) is 0 Å². The molecule has 9 nitrogen and oxygen atoms in total. The molecule has 0 radical (unpaired) electrons. The number of aromatic amines is 1. The Balaban J connectivity index is 1.19. The number of H-pyrrole nitrogens is 1. The fourth-order valence-electron chi connectivity index (χ4n) is 5.64. The number of aromatic nitrogens is 3. The van der Waals surface area contributed by atoms with Crippen molar-refractivity contribution in [3.05, 3.63) is 57.8 Å². The summed E-state index contributed by atoms with van der Waals surface area (Å²) in [5, 5.41) is 5.99. The monoisotopic (exact) mass is 459 g/mol. The number of hydrogen-bond donors (Lipinski definition) is 3. The molecular weight excluding hydrogens is 430 g/mol. The molecular formula is C25H29N7O2. The maximum Gasteiger partial charge on any atom is 0.269 e. The third-order valence-electron chi connectivity index (χ3n) is 7.54. The van der Waals surface area contributed by atoms with E-state index in [0.29, 0.717) is 17.8 Å².